The van der Waals surface area contributed by atoms with Gasteiger partial charge in [-0.25, -0.2) is 0 Å². The average Bonchev–Trinajstić information content (AvgIpc) is 2.57. The van der Waals surface area contributed by atoms with Gasteiger partial charge in [0.05, 0.1) is 7.11 Å². The van der Waals surface area contributed by atoms with E-state index in [1.807, 2.05) is 25.1 Å². The van der Waals surface area contributed by atoms with Gasteiger partial charge in [-0.15, -0.1) is 0 Å². The molecular formula is C12H17NO2. The van der Waals surface area contributed by atoms with Crippen molar-refractivity contribution in [1.29, 1.82) is 0 Å². The van der Waals surface area contributed by atoms with Crippen molar-refractivity contribution in [3.8, 4) is 11.5 Å². The molecule has 1 aliphatic rings. The Morgan fingerprint density at radius 1 is 1.60 bits per heavy atom. The molecule has 15 heavy (non-hydrogen) atoms. The molecule has 3 nitrogen and oxygen atoms in total. The van der Waals surface area contributed by atoms with Crippen LogP contribution in [0.2, 0.25) is 0 Å². The minimum atomic E-state index is 0.186. The first-order valence-corrected chi connectivity index (χ1v) is 5.28. The van der Waals surface area contributed by atoms with E-state index < -0.39 is 0 Å². The Kier molecular flexibility index (Phi) is 2.82. The highest BCUT2D eigenvalue weighted by Crippen LogP contribution is 2.33. The minimum absolute atomic E-state index is 0.186. The number of nitrogens with two attached hydrogens (primary N) is 1. The number of hydrogen-bond acceptors (Lipinski definition) is 3. The molecule has 1 heterocycles. The molecular weight excluding hydrogens is 190 g/mol. The average molecular weight is 207 g/mol. The zero-order chi connectivity index (χ0) is 10.8. The van der Waals surface area contributed by atoms with E-state index in [4.69, 9.17) is 15.2 Å². The van der Waals surface area contributed by atoms with Gasteiger partial charge in [0.25, 0.3) is 0 Å². The van der Waals surface area contributed by atoms with E-state index in [9.17, 15) is 0 Å². The minimum Gasteiger partial charge on any atom is -0.497 e. The molecule has 3 heteroatoms. The van der Waals surface area contributed by atoms with Crippen LogP contribution in [0.15, 0.2) is 18.2 Å². The molecule has 0 saturated carbocycles. The highest BCUT2D eigenvalue weighted by Gasteiger charge is 2.23. The highest BCUT2D eigenvalue weighted by molar-refractivity contribution is 5.43. The van der Waals surface area contributed by atoms with Gasteiger partial charge in [0.15, 0.2) is 0 Å². The van der Waals surface area contributed by atoms with E-state index in [1.165, 1.54) is 5.56 Å². The maximum Gasteiger partial charge on any atom is 0.123 e. The number of rotatable bonds is 3. The van der Waals surface area contributed by atoms with E-state index >= 15 is 0 Å². The summed E-state index contributed by atoms with van der Waals surface area (Å²) in [6, 6.07) is 6.12. The van der Waals surface area contributed by atoms with Crippen LogP contribution in [0.5, 0.6) is 11.5 Å². The van der Waals surface area contributed by atoms with Gasteiger partial charge in [-0.3, -0.25) is 0 Å². The van der Waals surface area contributed by atoms with Crippen molar-refractivity contribution in [3.63, 3.8) is 0 Å². The maximum absolute atomic E-state index is 5.78. The van der Waals surface area contributed by atoms with Gasteiger partial charge in [-0.2, -0.15) is 0 Å². The third-order valence-corrected chi connectivity index (χ3v) is 2.64. The lowest BCUT2D eigenvalue weighted by molar-refractivity contribution is 0.213. The summed E-state index contributed by atoms with van der Waals surface area (Å²) >= 11 is 0. The van der Waals surface area contributed by atoms with Crippen LogP contribution in [-0.2, 0) is 6.42 Å². The first-order valence-electron chi connectivity index (χ1n) is 5.28. The number of benzene rings is 1. The summed E-state index contributed by atoms with van der Waals surface area (Å²) in [5, 5.41) is 0. The Balaban J connectivity index is 2.09. The second kappa shape index (κ2) is 4.11. The predicted octanol–water partition coefficient (Wildman–Crippen LogP) is 1.74. The van der Waals surface area contributed by atoms with Gasteiger partial charge in [0.1, 0.15) is 17.6 Å². The third-order valence-electron chi connectivity index (χ3n) is 2.64. The Morgan fingerprint density at radius 3 is 3.07 bits per heavy atom. The maximum atomic E-state index is 5.78. The zero-order valence-electron chi connectivity index (χ0n) is 9.19. The van der Waals surface area contributed by atoms with Crippen molar-refractivity contribution in [1.82, 2.24) is 0 Å². The summed E-state index contributed by atoms with van der Waals surface area (Å²) < 4.78 is 11.0. The van der Waals surface area contributed by atoms with Crippen molar-refractivity contribution < 1.29 is 9.47 Å². The first-order chi connectivity index (χ1) is 7.19. The van der Waals surface area contributed by atoms with Crippen LogP contribution in [0.1, 0.15) is 18.9 Å². The number of ether oxygens (including phenoxy) is 2. The van der Waals surface area contributed by atoms with Crippen molar-refractivity contribution in [2.45, 2.75) is 31.9 Å². The van der Waals surface area contributed by atoms with Gasteiger partial charge in [0, 0.05) is 18.0 Å². The van der Waals surface area contributed by atoms with Crippen molar-refractivity contribution >= 4 is 0 Å². The SMILES string of the molecule is COc1ccc2c(c1)CC(CC(C)N)O2. The van der Waals surface area contributed by atoms with Gasteiger partial charge in [-0.05, 0) is 31.5 Å². The molecule has 1 aromatic rings. The molecule has 0 saturated heterocycles. The largest absolute Gasteiger partial charge is 0.497 e. The summed E-state index contributed by atoms with van der Waals surface area (Å²) in [4.78, 5) is 0. The lowest BCUT2D eigenvalue weighted by Crippen LogP contribution is -2.25. The van der Waals surface area contributed by atoms with E-state index in [0.29, 0.717) is 0 Å². The molecule has 0 radical (unpaired) electrons. The second-order valence-corrected chi connectivity index (χ2v) is 4.13. The zero-order valence-corrected chi connectivity index (χ0v) is 9.19. The van der Waals surface area contributed by atoms with Crippen LogP contribution in [0.25, 0.3) is 0 Å². The van der Waals surface area contributed by atoms with Crippen LogP contribution in [0, 0.1) is 0 Å². The smallest absolute Gasteiger partial charge is 0.123 e. The van der Waals surface area contributed by atoms with E-state index in [0.717, 1.165) is 24.3 Å². The molecule has 82 valence electrons. The molecule has 0 aliphatic carbocycles. The molecule has 0 amide bonds. The fourth-order valence-corrected chi connectivity index (χ4v) is 1.97. The highest BCUT2D eigenvalue weighted by atomic mass is 16.5. The second-order valence-electron chi connectivity index (χ2n) is 4.13. The fourth-order valence-electron chi connectivity index (χ4n) is 1.97. The Hall–Kier alpha value is -1.22. The first kappa shape index (κ1) is 10.3. The molecule has 1 aliphatic heterocycles. The third kappa shape index (κ3) is 2.23. The predicted molar refractivity (Wildman–Crippen MR) is 59.4 cm³/mol. The Bertz CT molecular complexity index is 349. The Morgan fingerprint density at radius 2 is 2.40 bits per heavy atom. The summed E-state index contributed by atoms with van der Waals surface area (Å²) in [5.74, 6) is 1.86. The van der Waals surface area contributed by atoms with E-state index in [2.05, 4.69) is 0 Å². The topological polar surface area (TPSA) is 44.5 Å². The standard InChI is InChI=1S/C12H17NO2/c1-8(13)5-11-7-9-6-10(14-2)3-4-12(9)15-11/h3-4,6,8,11H,5,7,13H2,1-2H3. The van der Waals surface area contributed by atoms with Crippen molar-refractivity contribution in [3.05, 3.63) is 23.8 Å². The van der Waals surface area contributed by atoms with Crippen molar-refractivity contribution in [2.75, 3.05) is 7.11 Å². The van der Waals surface area contributed by atoms with Gasteiger partial charge in [0.2, 0.25) is 0 Å². The van der Waals surface area contributed by atoms with Crippen LogP contribution in [0.3, 0.4) is 0 Å². The molecule has 0 bridgehead atoms. The summed E-state index contributed by atoms with van der Waals surface area (Å²) in [7, 11) is 1.68. The summed E-state index contributed by atoms with van der Waals surface area (Å²) in [6.07, 6.45) is 2.07. The van der Waals surface area contributed by atoms with E-state index in [1.54, 1.807) is 7.11 Å². The summed E-state index contributed by atoms with van der Waals surface area (Å²) in [6.45, 7) is 2.01. The molecule has 0 fully saturated rings. The quantitative estimate of drug-likeness (QED) is 0.821. The lowest BCUT2D eigenvalue weighted by Gasteiger charge is -2.12. The molecule has 2 rings (SSSR count). The normalized spacial score (nSPS) is 20.6. The van der Waals surface area contributed by atoms with Crippen LogP contribution in [-0.4, -0.2) is 19.3 Å². The number of fused-ring (bicyclic) bond motifs is 1. The molecule has 0 aromatic heterocycles. The van der Waals surface area contributed by atoms with Gasteiger partial charge < -0.3 is 15.2 Å². The van der Waals surface area contributed by atoms with Crippen LogP contribution in [0.4, 0.5) is 0 Å². The molecule has 1 aromatic carbocycles. The van der Waals surface area contributed by atoms with Crippen LogP contribution >= 0.6 is 0 Å². The van der Waals surface area contributed by atoms with Crippen LogP contribution < -0.4 is 15.2 Å². The number of hydrogen-bond donors (Lipinski definition) is 1. The number of methoxy groups -OCH3 is 1. The molecule has 2 N–H and O–H groups in total. The Labute approximate surface area is 90.2 Å². The lowest BCUT2D eigenvalue weighted by atomic mass is 10.1. The fraction of sp³-hybridized carbons (Fsp3) is 0.500. The summed E-state index contributed by atoms with van der Waals surface area (Å²) in [5.41, 5.74) is 6.98. The van der Waals surface area contributed by atoms with Gasteiger partial charge >= 0.3 is 0 Å². The molecule has 0 spiro atoms. The van der Waals surface area contributed by atoms with Gasteiger partial charge in [-0.1, -0.05) is 0 Å². The molecule has 2 unspecified atom stereocenters. The molecule has 2 atom stereocenters. The van der Waals surface area contributed by atoms with E-state index in [-0.39, 0.29) is 12.1 Å². The van der Waals surface area contributed by atoms with Crippen molar-refractivity contribution in [2.24, 2.45) is 5.73 Å². The monoisotopic (exact) mass is 207 g/mol.